The first-order chi connectivity index (χ1) is 9.65. The van der Waals surface area contributed by atoms with E-state index in [4.69, 9.17) is 4.74 Å². The fourth-order valence-corrected chi connectivity index (χ4v) is 2.19. The SMILES string of the molecule is C[C@H]1CN(C(=O)NCCNc2ncccn2)C[C@H](C)O1. The first-order valence-corrected chi connectivity index (χ1v) is 6.84. The molecule has 0 bridgehead atoms. The number of amides is 2. The molecular formula is C13H21N5O2. The van der Waals surface area contributed by atoms with E-state index >= 15 is 0 Å². The Morgan fingerprint density at radius 1 is 1.30 bits per heavy atom. The van der Waals surface area contributed by atoms with E-state index in [9.17, 15) is 4.79 Å². The van der Waals surface area contributed by atoms with Gasteiger partial charge in [0.15, 0.2) is 0 Å². The van der Waals surface area contributed by atoms with Crippen molar-refractivity contribution in [2.45, 2.75) is 26.1 Å². The Kier molecular flexibility index (Phi) is 5.11. The van der Waals surface area contributed by atoms with Crippen molar-refractivity contribution in [3.63, 3.8) is 0 Å². The van der Waals surface area contributed by atoms with Crippen LogP contribution < -0.4 is 10.6 Å². The smallest absolute Gasteiger partial charge is 0.317 e. The summed E-state index contributed by atoms with van der Waals surface area (Å²) >= 11 is 0. The Balaban J connectivity index is 1.67. The average molecular weight is 279 g/mol. The summed E-state index contributed by atoms with van der Waals surface area (Å²) < 4.78 is 5.60. The van der Waals surface area contributed by atoms with Crippen LogP contribution in [0.1, 0.15) is 13.8 Å². The van der Waals surface area contributed by atoms with Gasteiger partial charge in [-0.15, -0.1) is 0 Å². The van der Waals surface area contributed by atoms with Gasteiger partial charge in [0.25, 0.3) is 0 Å². The van der Waals surface area contributed by atoms with E-state index in [0.717, 1.165) is 0 Å². The van der Waals surface area contributed by atoms with Crippen molar-refractivity contribution < 1.29 is 9.53 Å². The lowest BCUT2D eigenvalue weighted by Crippen LogP contribution is -2.52. The van der Waals surface area contributed by atoms with Gasteiger partial charge in [-0.1, -0.05) is 0 Å². The van der Waals surface area contributed by atoms with Gasteiger partial charge in [-0.05, 0) is 19.9 Å². The molecule has 110 valence electrons. The number of aromatic nitrogens is 2. The molecule has 0 spiro atoms. The highest BCUT2D eigenvalue weighted by molar-refractivity contribution is 5.74. The number of rotatable bonds is 4. The number of carbonyl (C=O) groups excluding carboxylic acids is 1. The third kappa shape index (κ3) is 4.34. The molecule has 0 unspecified atom stereocenters. The summed E-state index contributed by atoms with van der Waals surface area (Å²) in [6, 6.07) is 1.70. The second-order valence-corrected chi connectivity index (χ2v) is 4.89. The van der Waals surface area contributed by atoms with Crippen molar-refractivity contribution >= 4 is 12.0 Å². The lowest BCUT2D eigenvalue weighted by molar-refractivity contribution is -0.0544. The van der Waals surface area contributed by atoms with Crippen molar-refractivity contribution in [3.05, 3.63) is 18.5 Å². The molecule has 7 nitrogen and oxygen atoms in total. The van der Waals surface area contributed by atoms with Gasteiger partial charge >= 0.3 is 6.03 Å². The van der Waals surface area contributed by atoms with Gasteiger partial charge in [-0.25, -0.2) is 14.8 Å². The number of urea groups is 1. The molecule has 2 amide bonds. The van der Waals surface area contributed by atoms with Gasteiger partial charge in [0.1, 0.15) is 0 Å². The van der Waals surface area contributed by atoms with Crippen LogP contribution in [0.4, 0.5) is 10.7 Å². The van der Waals surface area contributed by atoms with E-state index < -0.39 is 0 Å². The Bertz CT molecular complexity index is 418. The Morgan fingerprint density at radius 2 is 1.95 bits per heavy atom. The molecule has 1 aromatic rings. The van der Waals surface area contributed by atoms with E-state index in [1.807, 2.05) is 13.8 Å². The second-order valence-electron chi connectivity index (χ2n) is 4.89. The zero-order valence-corrected chi connectivity index (χ0v) is 11.9. The van der Waals surface area contributed by atoms with Crippen LogP contribution >= 0.6 is 0 Å². The van der Waals surface area contributed by atoms with E-state index in [1.54, 1.807) is 23.4 Å². The van der Waals surface area contributed by atoms with Crippen LogP contribution in [0.3, 0.4) is 0 Å². The van der Waals surface area contributed by atoms with Crippen LogP contribution in [-0.4, -0.2) is 59.3 Å². The number of hydrogen-bond donors (Lipinski definition) is 2. The molecule has 1 aliphatic rings. The highest BCUT2D eigenvalue weighted by Gasteiger charge is 2.25. The van der Waals surface area contributed by atoms with Crippen molar-refractivity contribution in [3.8, 4) is 0 Å². The number of nitrogens with one attached hydrogen (secondary N) is 2. The summed E-state index contributed by atoms with van der Waals surface area (Å²) in [5.74, 6) is 0.565. The number of nitrogens with zero attached hydrogens (tertiary/aromatic N) is 3. The summed E-state index contributed by atoms with van der Waals surface area (Å²) in [6.45, 7) is 6.33. The second kappa shape index (κ2) is 7.04. The highest BCUT2D eigenvalue weighted by atomic mass is 16.5. The molecule has 1 fully saturated rings. The van der Waals surface area contributed by atoms with Crippen LogP contribution in [0.15, 0.2) is 18.5 Å². The molecule has 2 rings (SSSR count). The minimum Gasteiger partial charge on any atom is -0.372 e. The van der Waals surface area contributed by atoms with Crippen molar-refractivity contribution in [1.82, 2.24) is 20.2 Å². The Hall–Kier alpha value is -1.89. The summed E-state index contributed by atoms with van der Waals surface area (Å²) in [4.78, 5) is 21.9. The molecule has 7 heteroatoms. The van der Waals surface area contributed by atoms with Crippen LogP contribution in [-0.2, 0) is 4.74 Å². The van der Waals surface area contributed by atoms with Crippen LogP contribution in [0, 0.1) is 0 Å². The third-order valence-corrected chi connectivity index (χ3v) is 2.96. The van der Waals surface area contributed by atoms with E-state index in [0.29, 0.717) is 32.1 Å². The van der Waals surface area contributed by atoms with E-state index in [2.05, 4.69) is 20.6 Å². The molecule has 0 radical (unpaired) electrons. The minimum atomic E-state index is -0.0530. The fraction of sp³-hybridized carbons (Fsp3) is 0.615. The monoisotopic (exact) mass is 279 g/mol. The van der Waals surface area contributed by atoms with E-state index in [-0.39, 0.29) is 18.2 Å². The molecule has 1 saturated heterocycles. The Labute approximate surface area is 118 Å². The molecule has 20 heavy (non-hydrogen) atoms. The normalized spacial score (nSPS) is 22.4. The summed E-state index contributed by atoms with van der Waals surface area (Å²) in [6.07, 6.45) is 3.51. The number of morpholine rings is 1. The first kappa shape index (κ1) is 14.5. The fourth-order valence-electron chi connectivity index (χ4n) is 2.19. The van der Waals surface area contributed by atoms with Crippen molar-refractivity contribution in [2.75, 3.05) is 31.5 Å². The molecule has 2 atom stereocenters. The van der Waals surface area contributed by atoms with Gasteiger partial charge in [0.2, 0.25) is 5.95 Å². The van der Waals surface area contributed by atoms with Crippen LogP contribution in [0.2, 0.25) is 0 Å². The maximum Gasteiger partial charge on any atom is 0.317 e. The number of carbonyl (C=O) groups is 1. The zero-order chi connectivity index (χ0) is 14.4. The third-order valence-electron chi connectivity index (χ3n) is 2.96. The molecule has 2 heterocycles. The predicted molar refractivity (Wildman–Crippen MR) is 75.5 cm³/mol. The lowest BCUT2D eigenvalue weighted by atomic mass is 10.2. The number of anilines is 1. The maximum absolute atomic E-state index is 12.0. The molecule has 0 saturated carbocycles. The van der Waals surface area contributed by atoms with Crippen molar-refractivity contribution in [2.24, 2.45) is 0 Å². The van der Waals surface area contributed by atoms with Gasteiger partial charge < -0.3 is 20.3 Å². The summed E-state index contributed by atoms with van der Waals surface area (Å²) in [5, 5.41) is 5.92. The maximum atomic E-state index is 12.0. The lowest BCUT2D eigenvalue weighted by Gasteiger charge is -2.35. The standard InChI is InChI=1S/C13H21N5O2/c1-10-8-18(9-11(2)20-10)13(19)17-7-6-16-12-14-4-3-5-15-12/h3-5,10-11H,6-9H2,1-2H3,(H,17,19)(H,14,15,16)/t10-,11-/m0/s1. The summed E-state index contributed by atoms with van der Waals surface area (Å²) in [5.41, 5.74) is 0. The Morgan fingerprint density at radius 3 is 2.60 bits per heavy atom. The quantitative estimate of drug-likeness (QED) is 0.793. The molecule has 1 aromatic heterocycles. The van der Waals surface area contributed by atoms with Crippen molar-refractivity contribution in [1.29, 1.82) is 0 Å². The van der Waals surface area contributed by atoms with Gasteiger partial charge in [0, 0.05) is 38.6 Å². The average Bonchev–Trinajstić information content (AvgIpc) is 2.43. The van der Waals surface area contributed by atoms with Crippen LogP contribution in [0.5, 0.6) is 0 Å². The zero-order valence-electron chi connectivity index (χ0n) is 11.9. The highest BCUT2D eigenvalue weighted by Crippen LogP contribution is 2.10. The minimum absolute atomic E-state index is 0.0530. The molecule has 2 N–H and O–H groups in total. The molecular weight excluding hydrogens is 258 g/mol. The van der Waals surface area contributed by atoms with E-state index in [1.165, 1.54) is 0 Å². The first-order valence-electron chi connectivity index (χ1n) is 6.84. The summed E-state index contributed by atoms with van der Waals surface area (Å²) in [7, 11) is 0. The number of ether oxygens (including phenoxy) is 1. The number of hydrogen-bond acceptors (Lipinski definition) is 5. The largest absolute Gasteiger partial charge is 0.372 e. The van der Waals surface area contributed by atoms with Gasteiger partial charge in [0.05, 0.1) is 12.2 Å². The van der Waals surface area contributed by atoms with Crippen LogP contribution in [0.25, 0.3) is 0 Å². The van der Waals surface area contributed by atoms with Gasteiger partial charge in [-0.2, -0.15) is 0 Å². The molecule has 0 aromatic carbocycles. The molecule has 0 aliphatic carbocycles. The topological polar surface area (TPSA) is 79.4 Å². The predicted octanol–water partition coefficient (Wildman–Crippen LogP) is 0.707. The molecule has 1 aliphatic heterocycles. The van der Waals surface area contributed by atoms with Gasteiger partial charge in [-0.3, -0.25) is 0 Å².